The van der Waals surface area contributed by atoms with Gasteiger partial charge in [-0.25, -0.2) is 9.82 Å². The van der Waals surface area contributed by atoms with Gasteiger partial charge >= 0.3 is 5.91 Å². The lowest BCUT2D eigenvalue weighted by Gasteiger charge is -2.20. The first-order chi connectivity index (χ1) is 14.0. The van der Waals surface area contributed by atoms with Crippen molar-refractivity contribution < 1.29 is 22.0 Å². The second kappa shape index (κ2) is 8.19. The number of hydrazone groups is 1. The molecular formula is C20H25FN4O4S. The number of carbonyl (C=O) groups is 1. The number of benzene rings is 1. The molecule has 2 aromatic rings. The van der Waals surface area contributed by atoms with E-state index >= 15 is 0 Å². The fraction of sp³-hybridized carbons (Fsp3) is 0.400. The molecule has 3 N–H and O–H groups in total. The van der Waals surface area contributed by atoms with Gasteiger partial charge in [0.1, 0.15) is 11.6 Å². The summed E-state index contributed by atoms with van der Waals surface area (Å²) in [4.78, 5) is 14.6. The average molecular weight is 437 g/mol. The number of carbonyl (C=O) groups excluding carboxylic acids is 1. The largest absolute Gasteiger partial charge is 0.455 e. The Labute approximate surface area is 174 Å². The van der Waals surface area contributed by atoms with E-state index in [2.05, 4.69) is 20.8 Å². The van der Waals surface area contributed by atoms with Crippen molar-refractivity contribution >= 4 is 21.6 Å². The number of nitrogens with zero attached hydrogens (tertiary/aromatic N) is 1. The van der Waals surface area contributed by atoms with Gasteiger partial charge < -0.3 is 4.42 Å². The average Bonchev–Trinajstić information content (AvgIpc) is 3.02. The molecule has 0 saturated carbocycles. The molecule has 1 amide bonds. The smallest absolute Gasteiger partial charge is 0.301 e. The molecule has 0 saturated heterocycles. The number of amides is 1. The van der Waals surface area contributed by atoms with Crippen molar-refractivity contribution in [1.29, 1.82) is 0 Å². The molecular weight excluding hydrogens is 411 g/mol. The van der Waals surface area contributed by atoms with Crippen LogP contribution in [0.3, 0.4) is 0 Å². The van der Waals surface area contributed by atoms with Crippen molar-refractivity contribution in [3.05, 3.63) is 52.7 Å². The highest BCUT2D eigenvalue weighted by Gasteiger charge is 2.28. The summed E-state index contributed by atoms with van der Waals surface area (Å²) in [6.45, 7) is 7.46. The Morgan fingerprint density at radius 3 is 2.47 bits per heavy atom. The van der Waals surface area contributed by atoms with Crippen LogP contribution in [0.15, 0.2) is 38.7 Å². The van der Waals surface area contributed by atoms with E-state index in [-0.39, 0.29) is 16.2 Å². The number of fused-ring (bicyclic) bond motifs is 1. The molecule has 1 heterocycles. The van der Waals surface area contributed by atoms with E-state index in [1.807, 2.05) is 20.8 Å². The monoisotopic (exact) mass is 436 g/mol. The van der Waals surface area contributed by atoms with Crippen LogP contribution in [0.25, 0.3) is 0 Å². The highest BCUT2D eigenvalue weighted by Crippen LogP contribution is 2.30. The van der Waals surface area contributed by atoms with Gasteiger partial charge in [-0.3, -0.25) is 10.2 Å². The van der Waals surface area contributed by atoms with E-state index in [4.69, 9.17) is 4.42 Å². The van der Waals surface area contributed by atoms with E-state index in [0.29, 0.717) is 41.9 Å². The third-order valence-electron chi connectivity index (χ3n) is 4.51. The van der Waals surface area contributed by atoms with Crippen LogP contribution >= 0.6 is 0 Å². The van der Waals surface area contributed by atoms with Crippen molar-refractivity contribution in [3.63, 3.8) is 0 Å². The lowest BCUT2D eigenvalue weighted by molar-refractivity contribution is 0.0883. The molecule has 3 rings (SSSR count). The molecule has 1 aromatic carbocycles. The number of hydrogen-bond acceptors (Lipinski definition) is 6. The Morgan fingerprint density at radius 1 is 1.17 bits per heavy atom. The van der Waals surface area contributed by atoms with Crippen LogP contribution in [-0.4, -0.2) is 25.6 Å². The lowest BCUT2D eigenvalue weighted by Crippen LogP contribution is -2.48. The maximum Gasteiger partial charge on any atom is 0.301 e. The normalized spacial score (nSPS) is 15.7. The number of hydrogen-bond donors (Lipinski definition) is 3. The molecule has 1 aromatic heterocycles. The molecule has 1 aliphatic carbocycles. The van der Waals surface area contributed by atoms with Gasteiger partial charge in [0, 0.05) is 23.1 Å². The summed E-state index contributed by atoms with van der Waals surface area (Å²) in [6.07, 6.45) is 1.86. The van der Waals surface area contributed by atoms with Crippen molar-refractivity contribution in [1.82, 2.24) is 15.7 Å². The van der Waals surface area contributed by atoms with Gasteiger partial charge in [0.15, 0.2) is 5.76 Å². The van der Waals surface area contributed by atoms with E-state index in [9.17, 15) is 17.6 Å². The highest BCUT2D eigenvalue weighted by atomic mass is 32.2. The Kier molecular flexibility index (Phi) is 6.00. The third kappa shape index (κ3) is 4.88. The van der Waals surface area contributed by atoms with Crippen molar-refractivity contribution in [2.45, 2.75) is 57.4 Å². The number of rotatable bonds is 5. The minimum Gasteiger partial charge on any atom is -0.455 e. The van der Waals surface area contributed by atoms with Gasteiger partial charge in [0.25, 0.3) is 10.0 Å². The molecule has 1 aliphatic rings. The van der Waals surface area contributed by atoms with Gasteiger partial charge in [0.05, 0.1) is 10.6 Å². The van der Waals surface area contributed by atoms with Gasteiger partial charge in [-0.05, 0) is 64.8 Å². The summed E-state index contributed by atoms with van der Waals surface area (Å²) in [5.41, 5.74) is 6.93. The number of nitrogens with one attached hydrogen (secondary N) is 3. The van der Waals surface area contributed by atoms with Crippen molar-refractivity contribution in [3.8, 4) is 0 Å². The quantitative estimate of drug-likeness (QED) is 0.624. The van der Waals surface area contributed by atoms with Gasteiger partial charge in [-0.2, -0.15) is 18.4 Å². The zero-order valence-corrected chi connectivity index (χ0v) is 18.1. The van der Waals surface area contributed by atoms with E-state index in [1.165, 1.54) is 0 Å². The molecule has 162 valence electrons. The summed E-state index contributed by atoms with van der Waals surface area (Å²) >= 11 is 0. The first-order valence-electron chi connectivity index (χ1n) is 9.52. The predicted octanol–water partition coefficient (Wildman–Crippen LogP) is 2.78. The van der Waals surface area contributed by atoms with Crippen LogP contribution in [0, 0.1) is 12.7 Å². The molecule has 0 radical (unpaired) electrons. The molecule has 0 fully saturated rings. The molecule has 0 aliphatic heterocycles. The Morgan fingerprint density at radius 2 is 1.83 bits per heavy atom. The third-order valence-corrected chi connectivity index (χ3v) is 5.73. The van der Waals surface area contributed by atoms with Gasteiger partial charge in [-0.15, -0.1) is 0 Å². The molecule has 10 heteroatoms. The first-order valence-corrected chi connectivity index (χ1v) is 11.0. The molecule has 0 spiro atoms. The highest BCUT2D eigenvalue weighted by molar-refractivity contribution is 7.89. The lowest BCUT2D eigenvalue weighted by atomic mass is 9.93. The van der Waals surface area contributed by atoms with Crippen molar-refractivity contribution in [2.24, 2.45) is 5.10 Å². The Hall–Kier alpha value is -2.72. The van der Waals surface area contributed by atoms with E-state index in [0.717, 1.165) is 24.3 Å². The first kappa shape index (κ1) is 22.0. The molecule has 30 heavy (non-hydrogen) atoms. The van der Waals surface area contributed by atoms with Crippen LogP contribution < -0.4 is 15.7 Å². The number of halogens is 1. The van der Waals surface area contributed by atoms with Gasteiger partial charge in [0.2, 0.25) is 0 Å². The summed E-state index contributed by atoms with van der Waals surface area (Å²) < 4.78 is 43.7. The topological polar surface area (TPSA) is 113 Å². The summed E-state index contributed by atoms with van der Waals surface area (Å²) in [6, 6.07) is 4.46. The fourth-order valence-corrected chi connectivity index (χ4v) is 3.91. The number of aryl methyl sites for hydroxylation is 1. The summed E-state index contributed by atoms with van der Waals surface area (Å²) in [5, 5.41) is 4.09. The maximum atomic E-state index is 13.1. The zero-order chi connectivity index (χ0) is 22.1. The second-order valence-electron chi connectivity index (χ2n) is 8.14. The zero-order valence-electron chi connectivity index (χ0n) is 17.3. The molecule has 8 nitrogen and oxygen atoms in total. The molecule has 0 bridgehead atoms. The summed E-state index contributed by atoms with van der Waals surface area (Å²) in [5.74, 6) is -0.187. The van der Waals surface area contributed by atoms with Crippen LogP contribution in [-0.2, 0) is 16.4 Å². The van der Waals surface area contributed by atoms with Crippen molar-refractivity contribution in [2.75, 3.05) is 0 Å². The predicted molar refractivity (Wildman–Crippen MR) is 110 cm³/mol. The standard InChI is InChI=1S/C20H25FN4O4S/c1-12-17-15(22-25-30(27,28)14-10-8-13(21)9-11-14)6-5-7-16(17)29-18(12)19(26)23-24-20(2,3)4/h8-11,24-25H,5-7H2,1-4H3,(H,23,26)/b22-15+. The minimum absolute atomic E-state index is 0.0958. The van der Waals surface area contributed by atoms with Gasteiger partial charge in [-0.1, -0.05) is 0 Å². The molecule has 0 atom stereocenters. The minimum atomic E-state index is -3.95. The maximum absolute atomic E-state index is 13.1. The SMILES string of the molecule is Cc1c(C(=O)NNC(C)(C)C)oc2c1/C(=N/NS(=O)(=O)c1ccc(F)cc1)CCC2. The number of hydrazine groups is 1. The Bertz CT molecular complexity index is 1080. The number of sulfonamides is 1. The van der Waals surface area contributed by atoms with E-state index < -0.39 is 21.7 Å². The fourth-order valence-electron chi connectivity index (χ4n) is 3.08. The number of furan rings is 1. The second-order valence-corrected chi connectivity index (χ2v) is 9.81. The van der Waals surface area contributed by atoms with Crippen LogP contribution in [0.5, 0.6) is 0 Å². The van der Waals surface area contributed by atoms with Crippen LogP contribution in [0.1, 0.15) is 61.1 Å². The van der Waals surface area contributed by atoms with Crippen LogP contribution in [0.2, 0.25) is 0 Å². The summed E-state index contributed by atoms with van der Waals surface area (Å²) in [7, 11) is -3.95. The molecule has 0 unspecified atom stereocenters. The Balaban J connectivity index is 1.85. The van der Waals surface area contributed by atoms with Crippen LogP contribution in [0.4, 0.5) is 4.39 Å². The van der Waals surface area contributed by atoms with E-state index in [1.54, 1.807) is 6.92 Å².